The van der Waals surface area contributed by atoms with Crippen LogP contribution in [0.4, 0.5) is 11.5 Å². The average Bonchev–Trinajstić information content (AvgIpc) is 2.45. The molecule has 86 valence electrons. The minimum absolute atomic E-state index is 0.182. The summed E-state index contributed by atoms with van der Waals surface area (Å²) in [5.41, 5.74) is 7.61. The van der Waals surface area contributed by atoms with E-state index in [4.69, 9.17) is 10.8 Å². The van der Waals surface area contributed by atoms with Crippen molar-refractivity contribution in [2.75, 3.05) is 24.2 Å². The first-order chi connectivity index (χ1) is 7.07. The van der Waals surface area contributed by atoms with Crippen molar-refractivity contribution in [3.05, 3.63) is 5.69 Å². The predicted octanol–water partition coefficient (Wildman–Crippen LogP) is 0.920. The second-order valence-corrected chi connectivity index (χ2v) is 3.93. The van der Waals surface area contributed by atoms with E-state index in [1.165, 1.54) is 0 Å². The Balaban J connectivity index is 2.79. The van der Waals surface area contributed by atoms with Crippen LogP contribution in [-0.4, -0.2) is 28.0 Å². The minimum atomic E-state index is 0.182. The van der Waals surface area contributed by atoms with Gasteiger partial charge in [-0.3, -0.25) is 4.68 Å². The van der Waals surface area contributed by atoms with Gasteiger partial charge in [-0.25, -0.2) is 0 Å². The van der Waals surface area contributed by atoms with Crippen LogP contribution in [0.5, 0.6) is 0 Å². The summed E-state index contributed by atoms with van der Waals surface area (Å²) in [5, 5.41) is 16.2. The van der Waals surface area contributed by atoms with E-state index in [9.17, 15) is 0 Å². The van der Waals surface area contributed by atoms with E-state index in [1.807, 2.05) is 7.05 Å². The van der Waals surface area contributed by atoms with Crippen molar-refractivity contribution in [1.29, 1.82) is 0 Å². The largest absolute Gasteiger partial charge is 0.396 e. The fourth-order valence-corrected chi connectivity index (χ4v) is 1.48. The van der Waals surface area contributed by atoms with E-state index in [0.717, 1.165) is 11.5 Å². The zero-order valence-electron chi connectivity index (χ0n) is 9.62. The molecule has 1 rings (SSSR count). The first kappa shape index (κ1) is 11.8. The van der Waals surface area contributed by atoms with Gasteiger partial charge in [0.05, 0.1) is 11.4 Å². The van der Waals surface area contributed by atoms with Crippen molar-refractivity contribution in [1.82, 2.24) is 9.78 Å². The Labute approximate surface area is 90.3 Å². The third kappa shape index (κ3) is 2.62. The van der Waals surface area contributed by atoms with Crippen LogP contribution in [0.25, 0.3) is 0 Å². The van der Waals surface area contributed by atoms with Crippen LogP contribution in [0, 0.1) is 0 Å². The van der Waals surface area contributed by atoms with E-state index in [2.05, 4.69) is 24.3 Å². The third-order valence-corrected chi connectivity index (χ3v) is 2.29. The van der Waals surface area contributed by atoms with Gasteiger partial charge in [0.2, 0.25) is 0 Å². The third-order valence-electron chi connectivity index (χ3n) is 2.29. The molecule has 0 saturated carbocycles. The van der Waals surface area contributed by atoms with Crippen LogP contribution < -0.4 is 11.1 Å². The quantitative estimate of drug-likeness (QED) is 0.634. The van der Waals surface area contributed by atoms with Gasteiger partial charge in [0.1, 0.15) is 5.82 Å². The summed E-state index contributed by atoms with van der Waals surface area (Å²) >= 11 is 0. The first-order valence-corrected chi connectivity index (χ1v) is 5.25. The predicted molar refractivity (Wildman–Crippen MR) is 61.9 cm³/mol. The molecule has 0 unspecified atom stereocenters. The zero-order chi connectivity index (χ0) is 11.4. The highest BCUT2D eigenvalue weighted by molar-refractivity contribution is 5.65. The number of nitrogen functional groups attached to an aromatic ring is 1. The van der Waals surface area contributed by atoms with Crippen molar-refractivity contribution in [3.63, 3.8) is 0 Å². The van der Waals surface area contributed by atoms with E-state index in [-0.39, 0.29) is 6.61 Å². The van der Waals surface area contributed by atoms with Crippen LogP contribution in [0.1, 0.15) is 31.9 Å². The summed E-state index contributed by atoms with van der Waals surface area (Å²) in [5.74, 6) is 1.16. The molecule has 0 saturated heterocycles. The molecular weight excluding hydrogens is 192 g/mol. The molecule has 15 heavy (non-hydrogen) atoms. The molecule has 0 amide bonds. The maximum atomic E-state index is 8.68. The number of hydrogen-bond acceptors (Lipinski definition) is 4. The van der Waals surface area contributed by atoms with E-state index in [1.54, 1.807) is 4.68 Å². The molecule has 4 N–H and O–H groups in total. The van der Waals surface area contributed by atoms with Crippen molar-refractivity contribution >= 4 is 11.5 Å². The molecule has 0 spiro atoms. The molecule has 0 bridgehead atoms. The Morgan fingerprint density at radius 2 is 2.20 bits per heavy atom. The van der Waals surface area contributed by atoms with Gasteiger partial charge in [0.15, 0.2) is 0 Å². The molecule has 0 aliphatic heterocycles. The number of hydrogen-bond donors (Lipinski definition) is 3. The highest BCUT2D eigenvalue weighted by Crippen LogP contribution is 2.27. The first-order valence-electron chi connectivity index (χ1n) is 5.25. The molecule has 1 aromatic heterocycles. The number of nitrogens with one attached hydrogen (secondary N) is 1. The Morgan fingerprint density at radius 1 is 1.53 bits per heavy atom. The number of aliphatic hydroxyl groups is 1. The molecule has 0 aliphatic carbocycles. The van der Waals surface area contributed by atoms with E-state index < -0.39 is 0 Å². The lowest BCUT2D eigenvalue weighted by Crippen LogP contribution is -2.08. The summed E-state index contributed by atoms with van der Waals surface area (Å²) in [7, 11) is 1.86. The number of nitrogens with zero attached hydrogens (tertiary/aromatic N) is 2. The molecule has 0 radical (unpaired) electrons. The van der Waals surface area contributed by atoms with Crippen molar-refractivity contribution < 1.29 is 5.11 Å². The molecule has 1 heterocycles. The summed E-state index contributed by atoms with van der Waals surface area (Å²) in [6.07, 6.45) is 0.710. The Bertz CT molecular complexity index is 319. The molecule has 0 aromatic carbocycles. The van der Waals surface area contributed by atoms with Crippen molar-refractivity contribution in [2.24, 2.45) is 7.05 Å². The molecule has 0 fully saturated rings. The fourth-order valence-electron chi connectivity index (χ4n) is 1.48. The van der Waals surface area contributed by atoms with Gasteiger partial charge in [-0.05, 0) is 12.3 Å². The standard InChI is InChI=1S/C10H20N4O/c1-7(2)9-8(11)10(14(3)13-9)12-5-4-6-15/h7,12,15H,4-6,11H2,1-3H3. The zero-order valence-corrected chi connectivity index (χ0v) is 9.62. The van der Waals surface area contributed by atoms with Crippen molar-refractivity contribution in [2.45, 2.75) is 26.2 Å². The number of aliphatic hydroxyl groups excluding tert-OH is 1. The SMILES string of the molecule is CC(C)c1nn(C)c(NCCCO)c1N. The Kier molecular flexibility index (Phi) is 3.96. The second-order valence-electron chi connectivity index (χ2n) is 3.93. The van der Waals surface area contributed by atoms with Gasteiger partial charge >= 0.3 is 0 Å². The number of aryl methyl sites for hydroxylation is 1. The second kappa shape index (κ2) is 5.02. The van der Waals surface area contributed by atoms with Crippen LogP contribution in [-0.2, 0) is 7.05 Å². The van der Waals surface area contributed by atoms with Crippen molar-refractivity contribution in [3.8, 4) is 0 Å². The molecule has 5 nitrogen and oxygen atoms in total. The lowest BCUT2D eigenvalue weighted by Gasteiger charge is -2.06. The topological polar surface area (TPSA) is 76.1 Å². The number of aromatic nitrogens is 2. The fraction of sp³-hybridized carbons (Fsp3) is 0.700. The summed E-state index contributed by atoms with van der Waals surface area (Å²) in [4.78, 5) is 0. The van der Waals surface area contributed by atoms with Gasteiger partial charge in [0.25, 0.3) is 0 Å². The molecular formula is C10H20N4O. The smallest absolute Gasteiger partial charge is 0.147 e. The Hall–Kier alpha value is -1.23. The van der Waals surface area contributed by atoms with Crippen LogP contribution >= 0.6 is 0 Å². The molecule has 5 heteroatoms. The Morgan fingerprint density at radius 3 is 2.67 bits per heavy atom. The molecule has 1 aromatic rings. The lowest BCUT2D eigenvalue weighted by atomic mass is 10.1. The highest BCUT2D eigenvalue weighted by Gasteiger charge is 2.14. The van der Waals surface area contributed by atoms with E-state index in [0.29, 0.717) is 24.6 Å². The van der Waals surface area contributed by atoms with Gasteiger partial charge in [0, 0.05) is 20.2 Å². The molecule has 0 atom stereocenters. The monoisotopic (exact) mass is 212 g/mol. The summed E-state index contributed by atoms with van der Waals surface area (Å²) in [6.45, 7) is 5.02. The lowest BCUT2D eigenvalue weighted by molar-refractivity contribution is 0.292. The number of rotatable bonds is 5. The molecule has 0 aliphatic rings. The van der Waals surface area contributed by atoms with E-state index >= 15 is 0 Å². The maximum absolute atomic E-state index is 8.68. The summed E-state index contributed by atoms with van der Waals surface area (Å²) < 4.78 is 1.75. The maximum Gasteiger partial charge on any atom is 0.147 e. The van der Waals surface area contributed by atoms with Crippen LogP contribution in [0.2, 0.25) is 0 Å². The van der Waals surface area contributed by atoms with Gasteiger partial charge in [-0.15, -0.1) is 0 Å². The van der Waals surface area contributed by atoms with Gasteiger partial charge < -0.3 is 16.2 Å². The van der Waals surface area contributed by atoms with Gasteiger partial charge in [-0.2, -0.15) is 5.10 Å². The average molecular weight is 212 g/mol. The van der Waals surface area contributed by atoms with Crippen LogP contribution in [0.15, 0.2) is 0 Å². The minimum Gasteiger partial charge on any atom is -0.396 e. The number of anilines is 2. The van der Waals surface area contributed by atoms with Crippen LogP contribution in [0.3, 0.4) is 0 Å². The van der Waals surface area contributed by atoms with Gasteiger partial charge in [-0.1, -0.05) is 13.8 Å². The highest BCUT2D eigenvalue weighted by atomic mass is 16.3. The normalized spacial score (nSPS) is 11.0. The number of nitrogens with two attached hydrogens (primary N) is 1. The summed E-state index contributed by atoms with van der Waals surface area (Å²) in [6, 6.07) is 0.